The van der Waals surface area contributed by atoms with Crippen LogP contribution in [0.3, 0.4) is 0 Å². The van der Waals surface area contributed by atoms with Crippen molar-refractivity contribution in [3.63, 3.8) is 0 Å². The fourth-order valence-electron chi connectivity index (χ4n) is 6.81. The van der Waals surface area contributed by atoms with Crippen LogP contribution in [0.4, 0.5) is 68.2 Å². The molecule has 0 heterocycles. The average molecular weight is 745 g/mol. The van der Waals surface area contributed by atoms with Crippen LogP contribution in [0.2, 0.25) is 0 Å². The van der Waals surface area contributed by atoms with Gasteiger partial charge in [-0.3, -0.25) is 9.59 Å². The third-order valence-corrected chi connectivity index (χ3v) is 9.97. The molecule has 4 N–H and O–H groups in total. The van der Waals surface area contributed by atoms with E-state index in [1.165, 1.54) is 0 Å². The van der Waals surface area contributed by atoms with E-state index in [1.807, 2.05) is 197 Å². The molecule has 0 amide bonds. The molecule has 56 heavy (non-hydrogen) atoms. The minimum Gasteiger partial charge on any atom is -0.378 e. The predicted molar refractivity (Wildman–Crippen MR) is 236 cm³/mol. The van der Waals surface area contributed by atoms with Crippen LogP contribution in [0.5, 0.6) is 0 Å². The van der Waals surface area contributed by atoms with Crippen molar-refractivity contribution in [3.8, 4) is 0 Å². The highest BCUT2D eigenvalue weighted by molar-refractivity contribution is 6.35. The first kappa shape index (κ1) is 37.4. The second-order valence-electron chi connectivity index (χ2n) is 14.7. The number of ketones is 2. The summed E-state index contributed by atoms with van der Waals surface area (Å²) in [4.78, 5) is 38.7. The van der Waals surface area contributed by atoms with Gasteiger partial charge in [0.2, 0.25) is 0 Å². The van der Waals surface area contributed by atoms with Gasteiger partial charge in [-0.05, 0) is 121 Å². The zero-order chi connectivity index (χ0) is 39.7. The van der Waals surface area contributed by atoms with E-state index < -0.39 is 0 Å². The van der Waals surface area contributed by atoms with Crippen LogP contribution in [-0.2, 0) is 0 Å². The molecule has 0 aliphatic heterocycles. The van der Waals surface area contributed by atoms with Gasteiger partial charge < -0.3 is 40.9 Å². The number of carbonyl (C=O) groups excluding carboxylic acids is 2. The Morgan fingerprint density at radius 3 is 0.625 bits per heavy atom. The van der Waals surface area contributed by atoms with Crippen molar-refractivity contribution >= 4 is 79.8 Å². The van der Waals surface area contributed by atoms with Crippen LogP contribution in [0.15, 0.2) is 121 Å². The maximum Gasteiger partial charge on any atom is 0.198 e. The van der Waals surface area contributed by atoms with Gasteiger partial charge in [-0.1, -0.05) is 0 Å². The van der Waals surface area contributed by atoms with Crippen LogP contribution >= 0.6 is 0 Å². The Morgan fingerprint density at radius 1 is 0.286 bits per heavy atom. The predicted octanol–water partition coefficient (Wildman–Crippen LogP) is 9.70. The molecule has 10 heteroatoms. The average Bonchev–Trinajstić information content (AvgIpc) is 3.18. The van der Waals surface area contributed by atoms with E-state index in [-0.39, 0.29) is 11.6 Å². The Kier molecular flexibility index (Phi) is 10.3. The molecule has 0 atom stereocenters. The second kappa shape index (κ2) is 15.4. The summed E-state index contributed by atoms with van der Waals surface area (Å²) in [5.41, 5.74) is 10.7. The van der Waals surface area contributed by atoms with Crippen molar-refractivity contribution in [3.05, 3.63) is 144 Å². The Bertz CT molecular complexity index is 2050. The van der Waals surface area contributed by atoms with Gasteiger partial charge >= 0.3 is 0 Å². The molecule has 284 valence electrons. The lowest BCUT2D eigenvalue weighted by molar-refractivity contribution is 0.0981. The number of hydrogen-bond donors (Lipinski definition) is 4. The van der Waals surface area contributed by atoms with E-state index in [1.54, 1.807) is 0 Å². The normalized spacial score (nSPS) is 11.6. The van der Waals surface area contributed by atoms with Crippen molar-refractivity contribution in [1.82, 2.24) is 0 Å². The van der Waals surface area contributed by atoms with Crippen LogP contribution in [0, 0.1) is 0 Å². The molecule has 0 fully saturated rings. The molecule has 1 aliphatic carbocycles. The zero-order valence-corrected chi connectivity index (χ0v) is 33.2. The monoisotopic (exact) mass is 744 g/mol. The van der Waals surface area contributed by atoms with Gasteiger partial charge in [0.1, 0.15) is 0 Å². The molecule has 6 aromatic carbocycles. The zero-order valence-electron chi connectivity index (χ0n) is 33.2. The molecule has 10 nitrogen and oxygen atoms in total. The van der Waals surface area contributed by atoms with Gasteiger partial charge in [-0.15, -0.1) is 0 Å². The van der Waals surface area contributed by atoms with Crippen LogP contribution < -0.4 is 40.9 Å². The Hall–Kier alpha value is -6.94. The van der Waals surface area contributed by atoms with Gasteiger partial charge in [0.05, 0.1) is 45.0 Å². The highest BCUT2D eigenvalue weighted by Crippen LogP contribution is 2.44. The lowest BCUT2D eigenvalue weighted by Crippen LogP contribution is -2.25. The first-order valence-electron chi connectivity index (χ1n) is 18.5. The Labute approximate surface area is 329 Å². The third-order valence-electron chi connectivity index (χ3n) is 9.97. The fourth-order valence-corrected chi connectivity index (χ4v) is 6.81. The number of nitrogens with zero attached hydrogens (tertiary/aromatic N) is 4. The van der Waals surface area contributed by atoms with Gasteiger partial charge in [-0.2, -0.15) is 0 Å². The number of carbonyl (C=O) groups is 2. The van der Waals surface area contributed by atoms with E-state index in [4.69, 9.17) is 0 Å². The van der Waals surface area contributed by atoms with Crippen LogP contribution in [0.1, 0.15) is 31.8 Å². The van der Waals surface area contributed by atoms with Crippen molar-refractivity contribution in [2.75, 3.05) is 97.2 Å². The summed E-state index contributed by atoms with van der Waals surface area (Å²) in [6.07, 6.45) is 0. The molecule has 0 aromatic heterocycles. The van der Waals surface area contributed by atoms with Crippen molar-refractivity contribution in [1.29, 1.82) is 0 Å². The molecule has 1 aliphatic rings. The molecule has 0 bridgehead atoms. The van der Waals surface area contributed by atoms with Gasteiger partial charge in [-0.25, -0.2) is 0 Å². The number of rotatable bonds is 12. The molecule has 0 saturated carbocycles. The van der Waals surface area contributed by atoms with E-state index in [0.717, 1.165) is 45.5 Å². The quantitative estimate of drug-likeness (QED) is 0.0969. The summed E-state index contributed by atoms with van der Waals surface area (Å²) < 4.78 is 0. The SMILES string of the molecule is CN(C)c1ccc(Nc2ccc(Nc3ccc(N(C)C)cc3)c3c2C(=O)c2c(Nc4ccc(N(C)C)cc4)ccc(Nc4ccc(N(C)C)cc4)c2C3=O)cc1. The molecule has 0 saturated heterocycles. The Balaban J connectivity index is 1.38. The van der Waals surface area contributed by atoms with Crippen molar-refractivity contribution in [2.45, 2.75) is 0 Å². The maximum atomic E-state index is 15.3. The molecule has 0 unspecified atom stereocenters. The topological polar surface area (TPSA) is 95.2 Å². The molecule has 0 radical (unpaired) electrons. The molecule has 0 spiro atoms. The number of nitrogens with one attached hydrogen (secondary N) is 4. The van der Waals surface area contributed by atoms with E-state index >= 15 is 9.59 Å². The number of hydrogen-bond acceptors (Lipinski definition) is 10. The summed E-state index contributed by atoms with van der Waals surface area (Å²) in [6.45, 7) is 0. The summed E-state index contributed by atoms with van der Waals surface area (Å²) in [5.74, 6) is -0.541. The number of fused-ring (bicyclic) bond motifs is 2. The number of anilines is 12. The summed E-state index contributed by atoms with van der Waals surface area (Å²) in [5, 5.41) is 13.9. The largest absolute Gasteiger partial charge is 0.378 e. The highest BCUT2D eigenvalue weighted by atomic mass is 16.1. The van der Waals surface area contributed by atoms with Crippen molar-refractivity contribution in [2.24, 2.45) is 0 Å². The van der Waals surface area contributed by atoms with E-state index in [2.05, 4.69) is 21.3 Å². The maximum absolute atomic E-state index is 15.3. The second-order valence-corrected chi connectivity index (χ2v) is 14.7. The van der Waals surface area contributed by atoms with E-state index in [0.29, 0.717) is 45.0 Å². The van der Waals surface area contributed by atoms with Gasteiger partial charge in [0, 0.05) is 102 Å². The van der Waals surface area contributed by atoms with Gasteiger partial charge in [0.25, 0.3) is 0 Å². The third kappa shape index (κ3) is 7.54. The minimum atomic E-state index is -0.271. The summed E-state index contributed by atoms with van der Waals surface area (Å²) in [7, 11) is 15.9. The first-order chi connectivity index (χ1) is 26.9. The molecular formula is C46H48N8O2. The van der Waals surface area contributed by atoms with Crippen LogP contribution in [0.25, 0.3) is 0 Å². The van der Waals surface area contributed by atoms with Gasteiger partial charge in [0.15, 0.2) is 11.6 Å². The highest BCUT2D eigenvalue weighted by Gasteiger charge is 2.38. The van der Waals surface area contributed by atoms with Crippen molar-refractivity contribution < 1.29 is 9.59 Å². The summed E-state index contributed by atoms with van der Waals surface area (Å²) in [6, 6.07) is 39.3. The standard InChI is InChI=1S/C46H48N8O2/c1-51(2)33-17-9-29(10-18-33)47-37-25-26-38(48-30-11-19-34(20-12-30)52(3)4)42-41(37)45(55)43-39(49-31-13-21-35(22-14-31)53(5)6)27-28-40(44(43)46(42)56)50-32-15-23-36(24-16-32)54(7)8/h9-28,47-50H,1-8H3. The molecule has 6 aromatic rings. The number of benzene rings is 6. The lowest BCUT2D eigenvalue weighted by atomic mass is 9.80. The smallest absolute Gasteiger partial charge is 0.198 e. The Morgan fingerprint density at radius 2 is 0.464 bits per heavy atom. The fraction of sp³-hybridized carbons (Fsp3) is 0.174. The first-order valence-corrected chi connectivity index (χ1v) is 18.5. The molecular weight excluding hydrogens is 697 g/mol. The van der Waals surface area contributed by atoms with Crippen LogP contribution in [-0.4, -0.2) is 67.9 Å². The molecule has 7 rings (SSSR count). The van der Waals surface area contributed by atoms with E-state index in [9.17, 15) is 0 Å². The lowest BCUT2D eigenvalue weighted by Gasteiger charge is -2.28. The summed E-state index contributed by atoms with van der Waals surface area (Å²) >= 11 is 0. The minimum absolute atomic E-state index is 0.271.